The lowest BCUT2D eigenvalue weighted by atomic mass is 9.73. The number of hydrogen-bond acceptors (Lipinski definition) is 3. The first-order valence-electron chi connectivity index (χ1n) is 6.40. The Kier molecular flexibility index (Phi) is 3.88. The first-order chi connectivity index (χ1) is 8.01. The Labute approximate surface area is 105 Å². The summed E-state index contributed by atoms with van der Waals surface area (Å²) in [7, 11) is -0.604. The maximum atomic E-state index is 11.4. The van der Waals surface area contributed by atoms with Crippen molar-refractivity contribution in [2.75, 3.05) is 24.6 Å². The molecule has 0 radical (unpaired) electrons. The fourth-order valence-electron chi connectivity index (χ4n) is 2.87. The molecule has 1 aliphatic carbocycles. The Morgan fingerprint density at radius 2 is 1.82 bits per heavy atom. The first-order valence-corrected chi connectivity index (χ1v) is 7.89. The molecule has 1 amide bonds. The van der Waals surface area contributed by atoms with E-state index in [0.29, 0.717) is 6.04 Å². The van der Waals surface area contributed by atoms with Gasteiger partial charge in [-0.2, -0.15) is 0 Å². The molecule has 2 aliphatic rings. The minimum Gasteiger partial charge on any atom is -0.369 e. The zero-order valence-electron chi connectivity index (χ0n) is 10.5. The van der Waals surface area contributed by atoms with Crippen LogP contribution in [-0.4, -0.2) is 45.7 Å². The molecule has 4 nitrogen and oxygen atoms in total. The highest BCUT2D eigenvalue weighted by Gasteiger charge is 2.37. The van der Waals surface area contributed by atoms with Gasteiger partial charge in [0.15, 0.2) is 0 Å². The summed E-state index contributed by atoms with van der Waals surface area (Å²) in [5.41, 5.74) is 5.15. The third-order valence-corrected chi connectivity index (χ3v) is 5.66. The van der Waals surface area contributed by atoms with Gasteiger partial charge in [0.2, 0.25) is 5.91 Å². The zero-order valence-corrected chi connectivity index (χ0v) is 11.3. The normalized spacial score (nSPS) is 36.9. The van der Waals surface area contributed by atoms with E-state index in [2.05, 4.69) is 4.90 Å². The van der Waals surface area contributed by atoms with E-state index in [9.17, 15) is 9.00 Å². The Morgan fingerprint density at radius 3 is 2.29 bits per heavy atom. The third-order valence-electron chi connectivity index (χ3n) is 4.38. The lowest BCUT2D eigenvalue weighted by Crippen LogP contribution is -2.48. The molecule has 1 saturated carbocycles. The fourth-order valence-corrected chi connectivity index (χ4v) is 3.95. The van der Waals surface area contributed by atoms with Crippen LogP contribution in [0.2, 0.25) is 0 Å². The molecule has 5 heteroatoms. The molecule has 0 atom stereocenters. The van der Waals surface area contributed by atoms with Gasteiger partial charge in [-0.3, -0.25) is 13.9 Å². The topological polar surface area (TPSA) is 63.4 Å². The largest absolute Gasteiger partial charge is 0.369 e. The number of carbonyl (C=O) groups excluding carboxylic acids is 1. The smallest absolute Gasteiger partial charge is 0.223 e. The summed E-state index contributed by atoms with van der Waals surface area (Å²) in [4.78, 5) is 13.8. The quantitative estimate of drug-likeness (QED) is 0.784. The van der Waals surface area contributed by atoms with Crippen LogP contribution in [0.3, 0.4) is 0 Å². The highest BCUT2D eigenvalue weighted by atomic mass is 32.2. The van der Waals surface area contributed by atoms with Gasteiger partial charge < -0.3 is 5.73 Å². The van der Waals surface area contributed by atoms with Gasteiger partial charge in [0.25, 0.3) is 0 Å². The van der Waals surface area contributed by atoms with Crippen molar-refractivity contribution in [3.63, 3.8) is 0 Å². The summed E-state index contributed by atoms with van der Waals surface area (Å²) in [6.07, 6.45) is 3.89. The molecule has 1 heterocycles. The van der Waals surface area contributed by atoms with Crippen LogP contribution >= 0.6 is 0 Å². The van der Waals surface area contributed by atoms with Gasteiger partial charge in [-0.15, -0.1) is 0 Å². The second kappa shape index (κ2) is 5.06. The second-order valence-electron chi connectivity index (χ2n) is 5.54. The average molecular weight is 258 g/mol. The number of nitrogens with two attached hydrogens (primary N) is 1. The molecule has 98 valence electrons. The number of primary amides is 1. The van der Waals surface area contributed by atoms with E-state index in [-0.39, 0.29) is 11.3 Å². The van der Waals surface area contributed by atoms with Crippen LogP contribution in [0.1, 0.15) is 32.6 Å². The van der Waals surface area contributed by atoms with Crippen molar-refractivity contribution in [3.05, 3.63) is 0 Å². The van der Waals surface area contributed by atoms with Gasteiger partial charge in [-0.25, -0.2) is 0 Å². The molecule has 0 spiro atoms. The number of rotatable bonds is 2. The molecular weight excluding hydrogens is 236 g/mol. The SMILES string of the molecule is CC1(C(N)=O)CCC(N2CCS(=O)CC2)CC1. The number of carbonyl (C=O) groups is 1. The molecule has 2 rings (SSSR count). The van der Waals surface area contributed by atoms with E-state index in [1.807, 2.05) is 6.92 Å². The van der Waals surface area contributed by atoms with Gasteiger partial charge in [0.05, 0.1) is 0 Å². The molecule has 0 aromatic heterocycles. The average Bonchev–Trinajstić information content (AvgIpc) is 2.31. The molecule has 1 saturated heterocycles. The lowest BCUT2D eigenvalue weighted by molar-refractivity contribution is -0.129. The van der Waals surface area contributed by atoms with Crippen molar-refractivity contribution in [2.24, 2.45) is 11.1 Å². The van der Waals surface area contributed by atoms with Gasteiger partial charge >= 0.3 is 0 Å². The Morgan fingerprint density at radius 1 is 1.29 bits per heavy atom. The molecule has 2 N–H and O–H groups in total. The van der Waals surface area contributed by atoms with E-state index in [0.717, 1.165) is 50.3 Å². The minimum atomic E-state index is -0.604. The Bertz CT molecular complexity index is 314. The van der Waals surface area contributed by atoms with Crippen molar-refractivity contribution in [3.8, 4) is 0 Å². The monoisotopic (exact) mass is 258 g/mol. The molecule has 0 aromatic carbocycles. The van der Waals surface area contributed by atoms with Crippen LogP contribution in [0, 0.1) is 5.41 Å². The van der Waals surface area contributed by atoms with Crippen LogP contribution in [0.5, 0.6) is 0 Å². The number of amides is 1. The van der Waals surface area contributed by atoms with Gasteiger partial charge in [0, 0.05) is 46.9 Å². The molecule has 0 unspecified atom stereocenters. The zero-order chi connectivity index (χ0) is 12.5. The van der Waals surface area contributed by atoms with Crippen LogP contribution in [0.4, 0.5) is 0 Å². The van der Waals surface area contributed by atoms with E-state index < -0.39 is 10.8 Å². The van der Waals surface area contributed by atoms with E-state index in [4.69, 9.17) is 5.73 Å². The summed E-state index contributed by atoms with van der Waals surface area (Å²) in [5, 5.41) is 0. The van der Waals surface area contributed by atoms with Gasteiger partial charge in [-0.05, 0) is 25.7 Å². The fraction of sp³-hybridized carbons (Fsp3) is 0.917. The summed E-state index contributed by atoms with van der Waals surface area (Å²) in [6.45, 7) is 3.88. The Hall–Kier alpha value is -0.420. The number of hydrogen-bond donors (Lipinski definition) is 1. The van der Waals surface area contributed by atoms with Crippen molar-refractivity contribution >= 4 is 16.7 Å². The highest BCUT2D eigenvalue weighted by Crippen LogP contribution is 2.37. The van der Waals surface area contributed by atoms with E-state index >= 15 is 0 Å². The predicted octanol–water partition coefficient (Wildman–Crippen LogP) is 0.485. The lowest BCUT2D eigenvalue weighted by Gasteiger charge is -2.41. The number of nitrogens with zero attached hydrogens (tertiary/aromatic N) is 1. The van der Waals surface area contributed by atoms with Gasteiger partial charge in [0.1, 0.15) is 0 Å². The summed E-state index contributed by atoms with van der Waals surface area (Å²) in [6, 6.07) is 0.569. The molecule has 2 fully saturated rings. The highest BCUT2D eigenvalue weighted by molar-refractivity contribution is 7.85. The predicted molar refractivity (Wildman–Crippen MR) is 69.0 cm³/mol. The first kappa shape index (κ1) is 13.0. The Balaban J connectivity index is 1.87. The maximum Gasteiger partial charge on any atom is 0.223 e. The van der Waals surface area contributed by atoms with Gasteiger partial charge in [-0.1, -0.05) is 6.92 Å². The van der Waals surface area contributed by atoms with Crippen molar-refractivity contribution < 1.29 is 9.00 Å². The molecule has 0 aromatic rings. The summed E-state index contributed by atoms with van der Waals surface area (Å²) in [5.74, 6) is 1.46. The van der Waals surface area contributed by atoms with Crippen LogP contribution < -0.4 is 5.73 Å². The van der Waals surface area contributed by atoms with Crippen molar-refractivity contribution in [2.45, 2.75) is 38.6 Å². The van der Waals surface area contributed by atoms with Crippen LogP contribution in [0.25, 0.3) is 0 Å². The van der Waals surface area contributed by atoms with Crippen molar-refractivity contribution in [1.29, 1.82) is 0 Å². The van der Waals surface area contributed by atoms with E-state index in [1.54, 1.807) is 0 Å². The molecule has 1 aliphatic heterocycles. The van der Waals surface area contributed by atoms with E-state index in [1.165, 1.54) is 0 Å². The minimum absolute atomic E-state index is 0.157. The third kappa shape index (κ3) is 2.88. The summed E-state index contributed by atoms with van der Waals surface area (Å²) < 4.78 is 11.3. The van der Waals surface area contributed by atoms with Crippen LogP contribution in [0.15, 0.2) is 0 Å². The maximum absolute atomic E-state index is 11.4. The second-order valence-corrected chi connectivity index (χ2v) is 7.24. The van der Waals surface area contributed by atoms with Crippen LogP contribution in [-0.2, 0) is 15.6 Å². The summed E-state index contributed by atoms with van der Waals surface area (Å²) >= 11 is 0. The molecule has 0 bridgehead atoms. The molecular formula is C12H22N2O2S. The van der Waals surface area contributed by atoms with Crippen molar-refractivity contribution in [1.82, 2.24) is 4.90 Å². The standard InChI is InChI=1S/C12H22N2O2S/c1-12(11(13)15)4-2-10(3-5-12)14-6-8-17(16)9-7-14/h10H,2-9H2,1H3,(H2,13,15). The molecule has 17 heavy (non-hydrogen) atoms.